The van der Waals surface area contributed by atoms with Gasteiger partial charge in [-0.2, -0.15) is 5.10 Å². The van der Waals surface area contributed by atoms with Crippen molar-refractivity contribution in [2.75, 3.05) is 10.6 Å². The maximum absolute atomic E-state index is 12.0. The molecule has 0 atom stereocenters. The number of aromatic nitrogens is 2. The first-order chi connectivity index (χ1) is 13.2. The van der Waals surface area contributed by atoms with E-state index in [4.69, 9.17) is 0 Å². The number of rotatable bonds is 5. The summed E-state index contributed by atoms with van der Waals surface area (Å²) in [5.74, 6) is 0.502. The average molecular weight is 360 g/mol. The van der Waals surface area contributed by atoms with Crippen LogP contribution in [0, 0.1) is 11.8 Å². The highest BCUT2D eigenvalue weighted by Gasteiger charge is 2.30. The molecule has 2 amide bonds. The lowest BCUT2D eigenvalue weighted by Crippen LogP contribution is -2.13. The number of benzene rings is 2. The van der Waals surface area contributed by atoms with Crippen molar-refractivity contribution >= 4 is 34.1 Å². The Hall–Kier alpha value is -3.15. The summed E-state index contributed by atoms with van der Waals surface area (Å²) in [4.78, 5) is 24.1. The van der Waals surface area contributed by atoms with Gasteiger partial charge in [-0.3, -0.25) is 14.7 Å². The van der Waals surface area contributed by atoms with Crippen LogP contribution in [0.4, 0.5) is 11.4 Å². The van der Waals surface area contributed by atoms with Crippen molar-refractivity contribution < 1.29 is 9.59 Å². The van der Waals surface area contributed by atoms with Crippen LogP contribution in [-0.4, -0.2) is 22.0 Å². The molecule has 6 nitrogen and oxygen atoms in total. The number of fused-ring (bicyclic) bond motifs is 1. The van der Waals surface area contributed by atoms with Gasteiger partial charge in [0, 0.05) is 34.2 Å². The molecule has 0 spiro atoms. The summed E-state index contributed by atoms with van der Waals surface area (Å²) in [6, 6.07) is 13.5. The van der Waals surface area contributed by atoms with Crippen molar-refractivity contribution in [1.82, 2.24) is 10.2 Å². The van der Waals surface area contributed by atoms with Crippen molar-refractivity contribution in [2.24, 2.45) is 11.8 Å². The predicted molar refractivity (Wildman–Crippen MR) is 104 cm³/mol. The zero-order valence-corrected chi connectivity index (χ0v) is 14.8. The lowest BCUT2D eigenvalue weighted by atomic mass is 10.1. The third-order valence-corrected chi connectivity index (χ3v) is 5.13. The van der Waals surface area contributed by atoms with E-state index < -0.39 is 0 Å². The van der Waals surface area contributed by atoms with Crippen LogP contribution in [0.25, 0.3) is 22.2 Å². The van der Waals surface area contributed by atoms with Crippen LogP contribution >= 0.6 is 0 Å². The fraction of sp³-hybridized carbons (Fsp3) is 0.286. The summed E-state index contributed by atoms with van der Waals surface area (Å²) in [6.45, 7) is 0. The Kier molecular flexibility index (Phi) is 3.70. The van der Waals surface area contributed by atoms with Gasteiger partial charge in [-0.15, -0.1) is 0 Å². The fourth-order valence-electron chi connectivity index (χ4n) is 3.24. The molecule has 1 aromatic heterocycles. The second-order valence-electron chi connectivity index (χ2n) is 7.44. The molecule has 0 unspecified atom stereocenters. The zero-order valence-electron chi connectivity index (χ0n) is 14.8. The van der Waals surface area contributed by atoms with Crippen molar-refractivity contribution in [3.8, 4) is 11.3 Å². The van der Waals surface area contributed by atoms with Gasteiger partial charge in [-0.1, -0.05) is 12.1 Å². The lowest BCUT2D eigenvalue weighted by molar-refractivity contribution is -0.118. The number of hydrogen-bond acceptors (Lipinski definition) is 3. The Bertz CT molecular complexity index is 1050. The number of hydrogen-bond donors (Lipinski definition) is 3. The molecule has 2 aromatic carbocycles. The van der Waals surface area contributed by atoms with Crippen LogP contribution in [0.15, 0.2) is 42.5 Å². The normalized spacial score (nSPS) is 16.3. The summed E-state index contributed by atoms with van der Waals surface area (Å²) in [5, 5.41) is 14.4. The number of aromatic amines is 1. The quantitative estimate of drug-likeness (QED) is 0.644. The number of nitrogens with zero attached hydrogens (tertiary/aromatic N) is 1. The third kappa shape index (κ3) is 3.30. The van der Waals surface area contributed by atoms with Gasteiger partial charge in [0.15, 0.2) is 0 Å². The minimum absolute atomic E-state index is 0.0871. The summed E-state index contributed by atoms with van der Waals surface area (Å²) < 4.78 is 0. The fourth-order valence-corrected chi connectivity index (χ4v) is 3.24. The Labute approximate surface area is 156 Å². The van der Waals surface area contributed by atoms with Gasteiger partial charge in [0.05, 0.1) is 5.52 Å². The minimum Gasteiger partial charge on any atom is -0.326 e. The average Bonchev–Trinajstić information content (AvgIpc) is 3.57. The molecule has 3 N–H and O–H groups in total. The molecule has 27 heavy (non-hydrogen) atoms. The van der Waals surface area contributed by atoms with Crippen LogP contribution < -0.4 is 10.6 Å². The first-order valence-electron chi connectivity index (χ1n) is 9.38. The monoisotopic (exact) mass is 360 g/mol. The molecule has 0 radical (unpaired) electrons. The summed E-state index contributed by atoms with van der Waals surface area (Å²) in [5.41, 5.74) is 4.18. The van der Waals surface area contributed by atoms with Gasteiger partial charge in [0.2, 0.25) is 11.8 Å². The van der Waals surface area contributed by atoms with E-state index in [2.05, 4.69) is 20.8 Å². The number of carbonyl (C=O) groups excluding carboxylic acids is 2. The van der Waals surface area contributed by atoms with Gasteiger partial charge in [-0.05, 0) is 56.0 Å². The molecule has 2 aliphatic rings. The smallest absolute Gasteiger partial charge is 0.227 e. The standard InChI is InChI=1S/C21H20N4O2/c26-20(12-4-5-12)22-15-3-1-2-14(10-15)19-17-11-16(8-9-18(17)24-25-19)23-21(27)13-6-7-13/h1-3,8-13H,4-7H2,(H,22,26)(H,23,27)(H,24,25). The van der Waals surface area contributed by atoms with E-state index in [1.807, 2.05) is 42.5 Å². The Morgan fingerprint density at radius 2 is 1.56 bits per heavy atom. The molecule has 136 valence electrons. The van der Waals surface area contributed by atoms with Gasteiger partial charge < -0.3 is 10.6 Å². The van der Waals surface area contributed by atoms with Crippen LogP contribution in [0.1, 0.15) is 25.7 Å². The molecule has 3 aromatic rings. The molecule has 2 fully saturated rings. The molecule has 0 aliphatic heterocycles. The van der Waals surface area contributed by atoms with Crippen molar-refractivity contribution in [2.45, 2.75) is 25.7 Å². The summed E-state index contributed by atoms with van der Waals surface area (Å²) in [7, 11) is 0. The molecule has 0 bridgehead atoms. The van der Waals surface area contributed by atoms with E-state index in [0.717, 1.165) is 59.2 Å². The Balaban J connectivity index is 1.45. The lowest BCUT2D eigenvalue weighted by Gasteiger charge is -2.07. The van der Waals surface area contributed by atoms with E-state index >= 15 is 0 Å². The SMILES string of the molecule is O=C(Nc1cccc(-c2n[nH]c3ccc(NC(=O)C4CC4)cc23)c1)C1CC1. The van der Waals surface area contributed by atoms with Crippen LogP contribution in [0.3, 0.4) is 0 Å². The van der Waals surface area contributed by atoms with Crippen molar-refractivity contribution in [3.63, 3.8) is 0 Å². The first kappa shape index (κ1) is 16.1. The molecular formula is C21H20N4O2. The van der Waals surface area contributed by atoms with Crippen LogP contribution in [-0.2, 0) is 9.59 Å². The largest absolute Gasteiger partial charge is 0.326 e. The molecule has 2 aliphatic carbocycles. The highest BCUT2D eigenvalue weighted by molar-refractivity contribution is 6.00. The molecular weight excluding hydrogens is 340 g/mol. The van der Waals surface area contributed by atoms with Crippen molar-refractivity contribution in [1.29, 1.82) is 0 Å². The maximum atomic E-state index is 12.0. The first-order valence-corrected chi connectivity index (χ1v) is 9.38. The van der Waals surface area contributed by atoms with Gasteiger partial charge in [-0.25, -0.2) is 0 Å². The highest BCUT2D eigenvalue weighted by Crippen LogP contribution is 2.33. The van der Waals surface area contributed by atoms with E-state index in [0.29, 0.717) is 0 Å². The van der Waals surface area contributed by atoms with Gasteiger partial charge in [0.25, 0.3) is 0 Å². The minimum atomic E-state index is 0.0871. The summed E-state index contributed by atoms with van der Waals surface area (Å²) in [6.07, 6.45) is 3.91. The number of carbonyl (C=O) groups is 2. The summed E-state index contributed by atoms with van der Waals surface area (Å²) >= 11 is 0. The van der Waals surface area contributed by atoms with Gasteiger partial charge >= 0.3 is 0 Å². The number of amides is 2. The molecule has 6 heteroatoms. The Morgan fingerprint density at radius 1 is 0.889 bits per heavy atom. The number of nitrogens with one attached hydrogen (secondary N) is 3. The van der Waals surface area contributed by atoms with Crippen LogP contribution in [0.5, 0.6) is 0 Å². The third-order valence-electron chi connectivity index (χ3n) is 5.13. The molecule has 2 saturated carbocycles. The van der Waals surface area contributed by atoms with E-state index in [1.165, 1.54) is 0 Å². The zero-order chi connectivity index (χ0) is 18.4. The second kappa shape index (κ2) is 6.23. The predicted octanol–water partition coefficient (Wildman–Crippen LogP) is 3.93. The molecule has 1 heterocycles. The van der Waals surface area contributed by atoms with E-state index in [1.54, 1.807) is 0 Å². The second-order valence-corrected chi connectivity index (χ2v) is 7.44. The number of anilines is 2. The van der Waals surface area contributed by atoms with Crippen molar-refractivity contribution in [3.05, 3.63) is 42.5 Å². The van der Waals surface area contributed by atoms with E-state index in [-0.39, 0.29) is 23.7 Å². The number of H-pyrrole nitrogens is 1. The molecule has 0 saturated heterocycles. The highest BCUT2D eigenvalue weighted by atomic mass is 16.2. The van der Waals surface area contributed by atoms with E-state index in [9.17, 15) is 9.59 Å². The topological polar surface area (TPSA) is 86.9 Å². The maximum Gasteiger partial charge on any atom is 0.227 e. The van der Waals surface area contributed by atoms with Gasteiger partial charge in [0.1, 0.15) is 5.69 Å². The molecule has 5 rings (SSSR count). The van der Waals surface area contributed by atoms with Crippen LogP contribution in [0.2, 0.25) is 0 Å². The Morgan fingerprint density at radius 3 is 2.22 bits per heavy atom.